The van der Waals surface area contributed by atoms with Gasteiger partial charge in [0.15, 0.2) is 11.8 Å². The molecule has 0 bridgehead atoms. The molecule has 6 nitrogen and oxygen atoms in total. The zero-order valence-electron chi connectivity index (χ0n) is 11.2. The molecule has 0 saturated carbocycles. The third kappa shape index (κ3) is 4.17. The van der Waals surface area contributed by atoms with Gasteiger partial charge in [0.1, 0.15) is 6.10 Å². The van der Waals surface area contributed by atoms with E-state index in [9.17, 15) is 22.8 Å². The molecule has 2 rings (SSSR count). The number of nitrogens with one attached hydrogen (secondary N) is 1. The fraction of sp³-hybridized carbons (Fsp3) is 0.583. The normalized spacial score (nSPS) is 21.8. The van der Waals surface area contributed by atoms with Gasteiger partial charge in [0.05, 0.1) is 5.01 Å². The Kier molecular flexibility index (Phi) is 5.01. The van der Waals surface area contributed by atoms with Crippen LogP contribution in [0.5, 0.6) is 0 Å². The third-order valence-electron chi connectivity index (χ3n) is 3.07. The Morgan fingerprint density at radius 1 is 1.41 bits per heavy atom. The molecule has 0 unspecified atom stereocenters. The van der Waals surface area contributed by atoms with Crippen molar-refractivity contribution in [1.29, 1.82) is 0 Å². The van der Waals surface area contributed by atoms with Crippen molar-refractivity contribution in [3.63, 3.8) is 0 Å². The Labute approximate surface area is 127 Å². The minimum atomic E-state index is -4.47. The summed E-state index contributed by atoms with van der Waals surface area (Å²) in [5.74, 6) is -1.57. The molecule has 2 atom stereocenters. The lowest BCUT2D eigenvalue weighted by molar-refractivity contribution is -0.151. The number of alkyl halides is 3. The Hall–Kier alpha value is -1.68. The first-order valence-corrected chi connectivity index (χ1v) is 7.33. The van der Waals surface area contributed by atoms with Crippen LogP contribution in [-0.4, -0.2) is 40.7 Å². The van der Waals surface area contributed by atoms with Crippen molar-refractivity contribution in [2.75, 3.05) is 6.54 Å². The maximum absolute atomic E-state index is 12.4. The highest BCUT2D eigenvalue weighted by atomic mass is 32.1. The second-order valence-electron chi connectivity index (χ2n) is 4.69. The number of amides is 1. The quantitative estimate of drug-likeness (QED) is 0.848. The van der Waals surface area contributed by atoms with E-state index < -0.39 is 36.0 Å². The number of thiazole rings is 1. The number of aromatic nitrogens is 1. The van der Waals surface area contributed by atoms with Crippen molar-refractivity contribution in [2.24, 2.45) is 0 Å². The van der Waals surface area contributed by atoms with Gasteiger partial charge < -0.3 is 15.2 Å². The first-order chi connectivity index (χ1) is 10.3. The molecule has 0 spiro atoms. The maximum Gasteiger partial charge on any atom is 0.434 e. The molecule has 10 heteroatoms. The van der Waals surface area contributed by atoms with E-state index in [1.165, 1.54) is 0 Å². The Bertz CT molecular complexity index is 561. The topological polar surface area (TPSA) is 88.5 Å². The molecule has 0 radical (unpaired) electrons. The number of carboxylic acid groups (broad SMARTS) is 1. The maximum atomic E-state index is 12.4. The SMILES string of the molecule is O=C(NCCc1nc(C(F)(F)F)cs1)[C@@H]1CC[C@H](C(=O)O)O1. The molecular formula is C12H13F3N2O4S. The fourth-order valence-electron chi connectivity index (χ4n) is 1.97. The number of aliphatic carboxylic acids is 1. The van der Waals surface area contributed by atoms with Crippen LogP contribution >= 0.6 is 11.3 Å². The summed E-state index contributed by atoms with van der Waals surface area (Å²) < 4.78 is 42.2. The molecule has 0 aliphatic carbocycles. The number of carboxylic acids is 1. The van der Waals surface area contributed by atoms with E-state index in [1.54, 1.807) is 0 Å². The number of ether oxygens (including phenoxy) is 1. The predicted molar refractivity (Wildman–Crippen MR) is 69.4 cm³/mol. The lowest BCUT2D eigenvalue weighted by atomic mass is 10.2. The molecule has 1 aromatic heterocycles. The highest BCUT2D eigenvalue weighted by molar-refractivity contribution is 7.09. The Morgan fingerprint density at radius 2 is 2.09 bits per heavy atom. The van der Waals surface area contributed by atoms with Crippen LogP contribution in [0, 0.1) is 0 Å². The van der Waals surface area contributed by atoms with Gasteiger partial charge in [-0.1, -0.05) is 0 Å². The average Bonchev–Trinajstić information content (AvgIpc) is 3.07. The Balaban J connectivity index is 1.76. The van der Waals surface area contributed by atoms with Crippen molar-refractivity contribution in [2.45, 2.75) is 37.6 Å². The van der Waals surface area contributed by atoms with Gasteiger partial charge in [-0.25, -0.2) is 9.78 Å². The summed E-state index contributed by atoms with van der Waals surface area (Å²) in [7, 11) is 0. The van der Waals surface area contributed by atoms with E-state index in [1.807, 2.05) is 0 Å². The van der Waals surface area contributed by atoms with Crippen LogP contribution in [0.4, 0.5) is 13.2 Å². The second kappa shape index (κ2) is 6.61. The molecule has 0 aromatic carbocycles. The smallest absolute Gasteiger partial charge is 0.434 e. The van der Waals surface area contributed by atoms with Crippen molar-refractivity contribution in [1.82, 2.24) is 10.3 Å². The van der Waals surface area contributed by atoms with E-state index in [-0.39, 0.29) is 24.4 Å². The third-order valence-corrected chi connectivity index (χ3v) is 3.98. The summed E-state index contributed by atoms with van der Waals surface area (Å²) in [6, 6.07) is 0. The van der Waals surface area contributed by atoms with Crippen LogP contribution in [0.2, 0.25) is 0 Å². The lowest BCUT2D eigenvalue weighted by Crippen LogP contribution is -2.36. The van der Waals surface area contributed by atoms with E-state index >= 15 is 0 Å². The number of carbonyl (C=O) groups excluding carboxylic acids is 1. The molecule has 2 heterocycles. The summed E-state index contributed by atoms with van der Waals surface area (Å²) in [5, 5.41) is 12.5. The van der Waals surface area contributed by atoms with Crippen molar-refractivity contribution in [3.05, 3.63) is 16.1 Å². The average molecular weight is 338 g/mol. The van der Waals surface area contributed by atoms with Crippen molar-refractivity contribution < 1.29 is 32.6 Å². The summed E-state index contributed by atoms with van der Waals surface area (Å²) >= 11 is 0.873. The first-order valence-electron chi connectivity index (χ1n) is 6.45. The molecule has 1 amide bonds. The molecule has 1 saturated heterocycles. The van der Waals surface area contributed by atoms with Gasteiger partial charge in [-0.2, -0.15) is 13.2 Å². The van der Waals surface area contributed by atoms with Gasteiger partial charge >= 0.3 is 12.1 Å². The first kappa shape index (κ1) is 16.7. The zero-order chi connectivity index (χ0) is 16.3. The number of carbonyl (C=O) groups is 2. The van der Waals surface area contributed by atoms with Crippen molar-refractivity contribution >= 4 is 23.2 Å². The number of rotatable bonds is 5. The second-order valence-corrected chi connectivity index (χ2v) is 5.64. The van der Waals surface area contributed by atoms with Crippen LogP contribution in [0.25, 0.3) is 0 Å². The van der Waals surface area contributed by atoms with Crippen molar-refractivity contribution in [3.8, 4) is 0 Å². The van der Waals surface area contributed by atoms with E-state index in [0.717, 1.165) is 16.7 Å². The van der Waals surface area contributed by atoms with Gasteiger partial charge in [-0.15, -0.1) is 11.3 Å². The number of hydrogen-bond donors (Lipinski definition) is 2. The summed E-state index contributed by atoms with van der Waals surface area (Å²) in [6.07, 6.45) is -5.55. The number of halogens is 3. The number of hydrogen-bond acceptors (Lipinski definition) is 5. The fourth-order valence-corrected chi connectivity index (χ4v) is 2.78. The molecule has 1 fully saturated rings. The van der Waals surface area contributed by atoms with E-state index in [2.05, 4.69) is 10.3 Å². The summed E-state index contributed by atoms with van der Waals surface area (Å²) in [5.41, 5.74) is -0.942. The van der Waals surface area contributed by atoms with Crippen LogP contribution < -0.4 is 5.32 Å². The highest BCUT2D eigenvalue weighted by Gasteiger charge is 2.35. The van der Waals surface area contributed by atoms with Crippen LogP contribution in [0.15, 0.2) is 5.38 Å². The van der Waals surface area contributed by atoms with Gasteiger partial charge in [0.2, 0.25) is 5.91 Å². The molecular weight excluding hydrogens is 325 g/mol. The van der Waals surface area contributed by atoms with Crippen LogP contribution in [0.1, 0.15) is 23.5 Å². The molecule has 1 aliphatic rings. The largest absolute Gasteiger partial charge is 0.479 e. The van der Waals surface area contributed by atoms with Gasteiger partial charge in [0.25, 0.3) is 0 Å². The molecule has 2 N–H and O–H groups in total. The van der Waals surface area contributed by atoms with Gasteiger partial charge in [0, 0.05) is 18.3 Å². The molecule has 1 aromatic rings. The minimum Gasteiger partial charge on any atom is -0.479 e. The lowest BCUT2D eigenvalue weighted by Gasteiger charge is -2.11. The van der Waals surface area contributed by atoms with Gasteiger partial charge in [-0.05, 0) is 12.8 Å². The highest BCUT2D eigenvalue weighted by Crippen LogP contribution is 2.30. The van der Waals surface area contributed by atoms with Crippen LogP contribution in [-0.2, 0) is 26.9 Å². The van der Waals surface area contributed by atoms with Crippen LogP contribution in [0.3, 0.4) is 0 Å². The standard InChI is InChI=1S/C12H13F3N2O4S/c13-12(14,15)8-5-22-9(17-8)3-4-16-10(18)6-1-2-7(21-6)11(19)20/h5-7H,1-4H2,(H,16,18)(H,19,20)/t6-,7+/m0/s1. The monoisotopic (exact) mass is 338 g/mol. The molecule has 22 heavy (non-hydrogen) atoms. The number of nitrogens with zero attached hydrogens (tertiary/aromatic N) is 1. The summed E-state index contributed by atoms with van der Waals surface area (Å²) in [6.45, 7) is 0.112. The van der Waals surface area contributed by atoms with Gasteiger partial charge in [-0.3, -0.25) is 4.79 Å². The minimum absolute atomic E-state index is 0.112. The predicted octanol–water partition coefficient (Wildman–Crippen LogP) is 1.45. The Morgan fingerprint density at radius 3 is 2.64 bits per heavy atom. The summed E-state index contributed by atoms with van der Waals surface area (Å²) in [4.78, 5) is 25.9. The molecule has 122 valence electrons. The molecule has 1 aliphatic heterocycles. The van der Waals surface area contributed by atoms with E-state index in [4.69, 9.17) is 9.84 Å². The zero-order valence-corrected chi connectivity index (χ0v) is 12.0. The van der Waals surface area contributed by atoms with E-state index in [0.29, 0.717) is 6.42 Å².